The summed E-state index contributed by atoms with van der Waals surface area (Å²) in [7, 11) is 1.61. The molecule has 3 aliphatic rings. The van der Waals surface area contributed by atoms with Gasteiger partial charge >= 0.3 is 6.03 Å². The van der Waals surface area contributed by atoms with Crippen molar-refractivity contribution in [3.05, 3.63) is 0 Å². The molecule has 2 heterocycles. The van der Waals surface area contributed by atoms with E-state index in [1.54, 1.807) is 7.11 Å². The summed E-state index contributed by atoms with van der Waals surface area (Å²) in [6.07, 6.45) is 2.72. The molecule has 3 atom stereocenters. The van der Waals surface area contributed by atoms with Crippen LogP contribution in [0.3, 0.4) is 0 Å². The molecule has 0 aromatic rings. The van der Waals surface area contributed by atoms with Gasteiger partial charge in [-0.15, -0.1) is 0 Å². The molecule has 0 aromatic carbocycles. The Labute approximate surface area is 124 Å². The first-order chi connectivity index (χ1) is 10.2. The van der Waals surface area contributed by atoms with Crippen molar-refractivity contribution < 1.29 is 19.1 Å². The average molecular weight is 297 g/mol. The van der Waals surface area contributed by atoms with Gasteiger partial charge in [0, 0.05) is 38.6 Å². The minimum absolute atomic E-state index is 0.0887. The molecule has 1 unspecified atom stereocenters. The summed E-state index contributed by atoms with van der Waals surface area (Å²) >= 11 is 0. The Hall–Kier alpha value is -1.34. The van der Waals surface area contributed by atoms with Crippen molar-refractivity contribution in [3.8, 4) is 0 Å². The van der Waals surface area contributed by atoms with Crippen LogP contribution in [0.2, 0.25) is 0 Å². The number of carbonyl (C=O) groups excluding carboxylic acids is 2. The first-order valence-corrected chi connectivity index (χ1v) is 7.61. The van der Waals surface area contributed by atoms with Gasteiger partial charge < -0.3 is 25.0 Å². The molecule has 7 nitrogen and oxygen atoms in total. The van der Waals surface area contributed by atoms with Gasteiger partial charge in [0.15, 0.2) is 0 Å². The largest absolute Gasteiger partial charge is 0.377 e. The number of amides is 3. The first kappa shape index (κ1) is 14.6. The predicted molar refractivity (Wildman–Crippen MR) is 74.8 cm³/mol. The zero-order valence-corrected chi connectivity index (χ0v) is 12.3. The lowest BCUT2D eigenvalue weighted by Gasteiger charge is -2.19. The fourth-order valence-corrected chi connectivity index (χ4v) is 3.04. The van der Waals surface area contributed by atoms with Crippen LogP contribution >= 0.6 is 0 Å². The average Bonchev–Trinajstić information content (AvgIpc) is 3.10. The van der Waals surface area contributed by atoms with Gasteiger partial charge in [0.05, 0.1) is 19.3 Å². The standard InChI is InChI=1S/C14H23N3O4/c1-20-12-8-21-7-11(12)16-14(19)15-5-9-4-13(18)17(6-9)10-2-3-10/h9-12H,2-8H2,1H3,(H2,15,16,19)/t9?,11-,12+/m0/s1. The minimum atomic E-state index is -0.218. The number of carbonyl (C=O) groups is 2. The molecule has 0 aromatic heterocycles. The number of hydrogen-bond acceptors (Lipinski definition) is 4. The van der Waals surface area contributed by atoms with Crippen LogP contribution in [-0.4, -0.2) is 68.4 Å². The third-order valence-corrected chi connectivity index (χ3v) is 4.43. The Morgan fingerprint density at radius 3 is 2.95 bits per heavy atom. The monoisotopic (exact) mass is 297 g/mol. The lowest BCUT2D eigenvalue weighted by molar-refractivity contribution is -0.128. The van der Waals surface area contributed by atoms with Crippen LogP contribution in [0.1, 0.15) is 19.3 Å². The maximum Gasteiger partial charge on any atom is 0.315 e. The molecular formula is C14H23N3O4. The molecule has 21 heavy (non-hydrogen) atoms. The third-order valence-electron chi connectivity index (χ3n) is 4.43. The van der Waals surface area contributed by atoms with Crippen molar-refractivity contribution in [1.29, 1.82) is 0 Å². The number of urea groups is 1. The van der Waals surface area contributed by atoms with Gasteiger partial charge in [0.1, 0.15) is 6.10 Å². The van der Waals surface area contributed by atoms with E-state index in [2.05, 4.69) is 10.6 Å². The Morgan fingerprint density at radius 2 is 2.24 bits per heavy atom. The molecule has 2 saturated heterocycles. The van der Waals surface area contributed by atoms with Crippen LogP contribution in [0, 0.1) is 5.92 Å². The maximum absolute atomic E-state index is 11.9. The van der Waals surface area contributed by atoms with Crippen LogP contribution in [0.25, 0.3) is 0 Å². The topological polar surface area (TPSA) is 79.9 Å². The Kier molecular flexibility index (Phi) is 4.30. The molecule has 3 amide bonds. The zero-order chi connectivity index (χ0) is 14.8. The fourth-order valence-electron chi connectivity index (χ4n) is 3.04. The Morgan fingerprint density at radius 1 is 1.43 bits per heavy atom. The molecule has 0 bridgehead atoms. The molecule has 2 N–H and O–H groups in total. The van der Waals surface area contributed by atoms with E-state index in [0.29, 0.717) is 32.2 Å². The summed E-state index contributed by atoms with van der Waals surface area (Å²) in [4.78, 5) is 25.7. The minimum Gasteiger partial charge on any atom is -0.377 e. The van der Waals surface area contributed by atoms with E-state index in [1.165, 1.54) is 0 Å². The first-order valence-electron chi connectivity index (χ1n) is 7.61. The highest BCUT2D eigenvalue weighted by Crippen LogP contribution is 2.32. The molecule has 3 rings (SSSR count). The van der Waals surface area contributed by atoms with Crippen LogP contribution in [0.15, 0.2) is 0 Å². The quantitative estimate of drug-likeness (QED) is 0.731. The van der Waals surface area contributed by atoms with Crippen molar-refractivity contribution in [2.24, 2.45) is 5.92 Å². The highest BCUT2D eigenvalue weighted by molar-refractivity contribution is 5.79. The van der Waals surface area contributed by atoms with Crippen LogP contribution in [-0.2, 0) is 14.3 Å². The smallest absolute Gasteiger partial charge is 0.315 e. The van der Waals surface area contributed by atoms with Crippen molar-refractivity contribution in [2.75, 3.05) is 33.4 Å². The predicted octanol–water partition coefficient (Wildman–Crippen LogP) is -0.290. The second-order valence-corrected chi connectivity index (χ2v) is 6.12. The lowest BCUT2D eigenvalue weighted by Crippen LogP contribution is -2.48. The number of ether oxygens (including phenoxy) is 2. The summed E-state index contributed by atoms with van der Waals surface area (Å²) < 4.78 is 10.5. The number of rotatable bonds is 5. The van der Waals surface area contributed by atoms with E-state index < -0.39 is 0 Å². The third kappa shape index (κ3) is 3.47. The SMILES string of the molecule is CO[C@@H]1COC[C@@H]1NC(=O)NCC1CC(=O)N(C2CC2)C1. The summed E-state index contributed by atoms with van der Waals surface area (Å²) in [5, 5.41) is 5.72. The number of likely N-dealkylation sites (tertiary alicyclic amines) is 1. The molecular weight excluding hydrogens is 274 g/mol. The van der Waals surface area contributed by atoms with E-state index in [0.717, 1.165) is 19.4 Å². The number of hydrogen-bond donors (Lipinski definition) is 2. The fraction of sp³-hybridized carbons (Fsp3) is 0.857. The van der Waals surface area contributed by atoms with Gasteiger partial charge in [-0.2, -0.15) is 0 Å². The molecule has 7 heteroatoms. The van der Waals surface area contributed by atoms with Gasteiger partial charge in [0.2, 0.25) is 5.91 Å². The summed E-state index contributed by atoms with van der Waals surface area (Å²) in [5.74, 6) is 0.454. The van der Waals surface area contributed by atoms with E-state index in [1.807, 2.05) is 4.90 Å². The van der Waals surface area contributed by atoms with Crippen molar-refractivity contribution in [2.45, 2.75) is 37.5 Å². The second kappa shape index (κ2) is 6.19. The Bertz CT molecular complexity index is 413. The van der Waals surface area contributed by atoms with Crippen molar-refractivity contribution in [3.63, 3.8) is 0 Å². The molecule has 2 aliphatic heterocycles. The van der Waals surface area contributed by atoms with Gasteiger partial charge in [-0.25, -0.2) is 4.79 Å². The van der Waals surface area contributed by atoms with E-state index in [4.69, 9.17) is 9.47 Å². The highest BCUT2D eigenvalue weighted by Gasteiger charge is 2.39. The molecule has 0 spiro atoms. The number of nitrogens with zero attached hydrogens (tertiary/aromatic N) is 1. The van der Waals surface area contributed by atoms with E-state index in [-0.39, 0.29) is 30.0 Å². The molecule has 118 valence electrons. The molecule has 1 aliphatic carbocycles. The molecule has 1 saturated carbocycles. The lowest BCUT2D eigenvalue weighted by atomic mass is 10.1. The Balaban J connectivity index is 1.39. The van der Waals surface area contributed by atoms with Gasteiger partial charge in [-0.1, -0.05) is 0 Å². The van der Waals surface area contributed by atoms with Crippen LogP contribution < -0.4 is 10.6 Å². The maximum atomic E-state index is 11.9. The summed E-state index contributed by atoms with van der Waals surface area (Å²) in [5.41, 5.74) is 0. The van der Waals surface area contributed by atoms with Crippen LogP contribution in [0.4, 0.5) is 4.79 Å². The zero-order valence-electron chi connectivity index (χ0n) is 12.3. The van der Waals surface area contributed by atoms with Crippen molar-refractivity contribution >= 4 is 11.9 Å². The van der Waals surface area contributed by atoms with Gasteiger partial charge in [0.25, 0.3) is 0 Å². The molecule has 0 radical (unpaired) electrons. The van der Waals surface area contributed by atoms with Gasteiger partial charge in [-0.05, 0) is 12.8 Å². The summed E-state index contributed by atoms with van der Waals surface area (Å²) in [6, 6.07) is 0.141. The number of nitrogens with one attached hydrogen (secondary N) is 2. The van der Waals surface area contributed by atoms with E-state index >= 15 is 0 Å². The van der Waals surface area contributed by atoms with Crippen molar-refractivity contribution in [1.82, 2.24) is 15.5 Å². The highest BCUT2D eigenvalue weighted by atomic mass is 16.5. The number of methoxy groups -OCH3 is 1. The van der Waals surface area contributed by atoms with Crippen LogP contribution in [0.5, 0.6) is 0 Å². The van der Waals surface area contributed by atoms with E-state index in [9.17, 15) is 9.59 Å². The second-order valence-electron chi connectivity index (χ2n) is 6.12. The van der Waals surface area contributed by atoms with Gasteiger partial charge in [-0.3, -0.25) is 4.79 Å². The summed E-state index contributed by atoms with van der Waals surface area (Å²) in [6.45, 7) is 2.29. The normalized spacial score (nSPS) is 32.5. The molecule has 3 fully saturated rings.